The van der Waals surface area contributed by atoms with E-state index in [0.717, 1.165) is 13.1 Å². The number of nitrogens with one attached hydrogen (secondary N) is 2. The second-order valence-electron chi connectivity index (χ2n) is 7.46. The summed E-state index contributed by atoms with van der Waals surface area (Å²) >= 11 is 0. The molecule has 1 aromatic heterocycles. The van der Waals surface area contributed by atoms with Crippen LogP contribution in [0.2, 0.25) is 0 Å². The van der Waals surface area contributed by atoms with E-state index >= 15 is 0 Å². The fourth-order valence-corrected chi connectivity index (χ4v) is 2.73. The van der Waals surface area contributed by atoms with E-state index in [1.807, 2.05) is 0 Å². The Labute approximate surface area is 199 Å². The van der Waals surface area contributed by atoms with Gasteiger partial charge in [-0.2, -0.15) is 26.3 Å². The summed E-state index contributed by atoms with van der Waals surface area (Å²) in [4.78, 5) is 20.6. The lowest BCUT2D eigenvalue weighted by atomic mass is 10.1. The first-order valence-corrected chi connectivity index (χ1v) is 9.91. The van der Waals surface area contributed by atoms with Crippen LogP contribution in [0.5, 0.6) is 5.75 Å². The molecule has 0 aliphatic rings. The molecule has 196 valence electrons. The number of hydrogen-bond donors (Lipinski definition) is 4. The maximum atomic E-state index is 15.0. The van der Waals surface area contributed by atoms with Crippen LogP contribution in [-0.4, -0.2) is 45.1 Å². The Morgan fingerprint density at radius 2 is 1.86 bits per heavy atom. The molecular formula is C21H20F7N5O3. The molecule has 5 N–H and O–H groups in total. The molecule has 0 spiro atoms. The van der Waals surface area contributed by atoms with Crippen molar-refractivity contribution < 1.29 is 45.4 Å². The Kier molecular flexibility index (Phi) is 8.29. The number of amides is 1. The minimum atomic E-state index is -5.23. The van der Waals surface area contributed by atoms with Crippen LogP contribution in [-0.2, 0) is 6.61 Å². The van der Waals surface area contributed by atoms with Crippen molar-refractivity contribution in [3.63, 3.8) is 0 Å². The molecule has 8 nitrogen and oxygen atoms in total. The minimum absolute atomic E-state index is 0.0405. The van der Waals surface area contributed by atoms with Crippen LogP contribution in [0.4, 0.5) is 30.7 Å². The lowest BCUT2D eigenvalue weighted by Gasteiger charge is -2.21. The van der Waals surface area contributed by atoms with E-state index < -0.39 is 70.8 Å². The Morgan fingerprint density at radius 3 is 2.36 bits per heavy atom. The van der Waals surface area contributed by atoms with Crippen LogP contribution in [0, 0.1) is 18.2 Å². The highest BCUT2D eigenvalue weighted by Gasteiger charge is 2.40. The number of nitrogens with two attached hydrogens (primary N) is 1. The number of aliphatic hydroxyl groups excluding tert-OH is 1. The van der Waals surface area contributed by atoms with E-state index in [1.54, 1.807) is 5.32 Å². The largest absolute Gasteiger partial charge is 0.480 e. The molecule has 1 amide bonds. The molecule has 0 bridgehead atoms. The van der Waals surface area contributed by atoms with Gasteiger partial charge in [-0.3, -0.25) is 15.2 Å². The van der Waals surface area contributed by atoms with Crippen molar-refractivity contribution in [3.8, 4) is 17.0 Å². The zero-order valence-corrected chi connectivity index (χ0v) is 18.9. The molecule has 2 rings (SSSR count). The van der Waals surface area contributed by atoms with E-state index in [0.29, 0.717) is 24.8 Å². The summed E-state index contributed by atoms with van der Waals surface area (Å²) in [6.07, 6.45) is -11.6. The molecule has 0 fully saturated rings. The summed E-state index contributed by atoms with van der Waals surface area (Å²) in [5.41, 5.74) is 0.218. The van der Waals surface area contributed by atoms with E-state index in [2.05, 4.69) is 9.97 Å². The maximum absolute atomic E-state index is 15.0. The smallest absolute Gasteiger partial charge is 0.434 e. The van der Waals surface area contributed by atoms with E-state index in [9.17, 15) is 40.6 Å². The van der Waals surface area contributed by atoms with Crippen molar-refractivity contribution in [2.24, 2.45) is 5.73 Å². The monoisotopic (exact) mass is 523 g/mol. The lowest BCUT2D eigenvalue weighted by molar-refractivity contribution is -0.189. The van der Waals surface area contributed by atoms with Gasteiger partial charge in [0.2, 0.25) is 0 Å². The normalized spacial score (nSPS) is 13.6. The summed E-state index contributed by atoms with van der Waals surface area (Å²) < 4.78 is 98.2. The third-order valence-corrected chi connectivity index (χ3v) is 4.72. The van der Waals surface area contributed by atoms with Gasteiger partial charge in [0.25, 0.3) is 5.91 Å². The van der Waals surface area contributed by atoms with Gasteiger partial charge in [0.05, 0.1) is 41.1 Å². The SMILES string of the molecule is CC(N)=C(NC(=O)c1cc(F)c(-c2cnc(C)c(CO)n2)cc1O[C@@H](C)C(F)(F)F)C(=N)C(F)(F)F. The number of halogens is 7. The van der Waals surface area contributed by atoms with Gasteiger partial charge in [-0.25, -0.2) is 9.37 Å². The molecule has 0 saturated carbocycles. The molecule has 1 heterocycles. The van der Waals surface area contributed by atoms with Crippen molar-refractivity contribution >= 4 is 11.6 Å². The number of alkyl halides is 6. The van der Waals surface area contributed by atoms with Crippen molar-refractivity contribution in [2.75, 3.05) is 0 Å². The van der Waals surface area contributed by atoms with Gasteiger partial charge in [0.15, 0.2) is 11.8 Å². The molecule has 0 unspecified atom stereocenters. The van der Waals surface area contributed by atoms with E-state index in [-0.39, 0.29) is 11.4 Å². The van der Waals surface area contributed by atoms with Crippen molar-refractivity contribution in [1.29, 1.82) is 5.41 Å². The molecule has 15 heteroatoms. The maximum Gasteiger partial charge on any atom is 0.434 e. The van der Waals surface area contributed by atoms with Crippen molar-refractivity contribution in [1.82, 2.24) is 15.3 Å². The summed E-state index contributed by atoms with van der Waals surface area (Å²) in [5.74, 6) is -3.59. The van der Waals surface area contributed by atoms with E-state index in [1.165, 1.54) is 6.92 Å². The molecule has 0 saturated heterocycles. The zero-order valence-electron chi connectivity index (χ0n) is 18.9. The number of carbonyl (C=O) groups is 1. The molecule has 2 aromatic rings. The number of allylic oxidation sites excluding steroid dienone is 2. The van der Waals surface area contributed by atoms with Crippen LogP contribution >= 0.6 is 0 Å². The van der Waals surface area contributed by atoms with Crippen LogP contribution in [0.25, 0.3) is 11.3 Å². The molecule has 0 aliphatic carbocycles. The van der Waals surface area contributed by atoms with Gasteiger partial charge < -0.3 is 20.9 Å². The van der Waals surface area contributed by atoms with Gasteiger partial charge in [-0.1, -0.05) is 0 Å². The molecule has 0 aliphatic heterocycles. The van der Waals surface area contributed by atoms with Crippen molar-refractivity contribution in [3.05, 3.63) is 52.5 Å². The zero-order chi connectivity index (χ0) is 27.6. The second kappa shape index (κ2) is 10.5. The quantitative estimate of drug-likeness (QED) is 0.321. The number of carbonyl (C=O) groups excluding carboxylic acids is 1. The highest BCUT2D eigenvalue weighted by Crippen LogP contribution is 2.33. The first-order valence-electron chi connectivity index (χ1n) is 9.91. The third-order valence-electron chi connectivity index (χ3n) is 4.72. The van der Waals surface area contributed by atoms with Crippen LogP contribution < -0.4 is 15.8 Å². The van der Waals surface area contributed by atoms with Crippen molar-refractivity contribution in [2.45, 2.75) is 45.8 Å². The Bertz CT molecular complexity index is 1210. The number of hydrogen-bond acceptors (Lipinski definition) is 7. The summed E-state index contributed by atoms with van der Waals surface area (Å²) in [6.45, 7) is 2.45. The van der Waals surface area contributed by atoms with Crippen LogP contribution in [0.1, 0.15) is 35.6 Å². The number of rotatable bonds is 7. The average Bonchev–Trinajstić information content (AvgIpc) is 2.76. The van der Waals surface area contributed by atoms with Crippen LogP contribution in [0.3, 0.4) is 0 Å². The van der Waals surface area contributed by atoms with Gasteiger partial charge >= 0.3 is 12.4 Å². The van der Waals surface area contributed by atoms with Gasteiger partial charge in [0.1, 0.15) is 11.6 Å². The summed E-state index contributed by atoms with van der Waals surface area (Å²) in [7, 11) is 0. The van der Waals surface area contributed by atoms with Crippen LogP contribution in [0.15, 0.2) is 29.7 Å². The first kappa shape index (κ1) is 28.5. The number of ether oxygens (including phenoxy) is 1. The third kappa shape index (κ3) is 6.47. The highest BCUT2D eigenvalue weighted by molar-refractivity contribution is 6.08. The predicted octanol–water partition coefficient (Wildman–Crippen LogP) is 3.92. The predicted molar refractivity (Wildman–Crippen MR) is 112 cm³/mol. The fraction of sp³-hybridized carbons (Fsp3) is 0.333. The second-order valence-corrected chi connectivity index (χ2v) is 7.46. The highest BCUT2D eigenvalue weighted by atomic mass is 19.4. The standard InChI is InChI=1S/C21H20F7N5O3/c1-8(29)17(18(30)21(26,27)28)33-19(35)12-4-13(22)11(5-16(12)36-10(3)20(23,24)25)14-6-31-9(2)15(7-34)32-14/h4-6,10,30,34H,7,29H2,1-3H3,(H,33,35)/t10-/m0/s1. The first-order chi connectivity index (χ1) is 16.5. The minimum Gasteiger partial charge on any atom is -0.480 e. The van der Waals surface area contributed by atoms with Gasteiger partial charge in [0, 0.05) is 11.3 Å². The number of aromatic nitrogens is 2. The molecular weight excluding hydrogens is 503 g/mol. The Balaban J connectivity index is 2.65. The van der Waals surface area contributed by atoms with Gasteiger partial charge in [-0.05, 0) is 32.9 Å². The number of nitrogens with zero attached hydrogens (tertiary/aromatic N) is 2. The molecule has 1 atom stereocenters. The van der Waals surface area contributed by atoms with E-state index in [4.69, 9.17) is 15.9 Å². The number of aryl methyl sites for hydroxylation is 1. The Hall–Kier alpha value is -3.75. The fourth-order valence-electron chi connectivity index (χ4n) is 2.73. The Morgan fingerprint density at radius 1 is 1.25 bits per heavy atom. The molecule has 0 radical (unpaired) electrons. The number of benzene rings is 1. The number of aliphatic hydroxyl groups is 1. The topological polar surface area (TPSA) is 134 Å². The molecule has 1 aromatic carbocycles. The summed E-state index contributed by atoms with van der Waals surface area (Å²) in [6, 6.07) is 1.13. The van der Waals surface area contributed by atoms with Gasteiger partial charge in [-0.15, -0.1) is 0 Å². The molecule has 36 heavy (non-hydrogen) atoms. The lowest BCUT2D eigenvalue weighted by Crippen LogP contribution is -2.37. The average molecular weight is 523 g/mol. The summed E-state index contributed by atoms with van der Waals surface area (Å²) in [5, 5.41) is 18.3.